The van der Waals surface area contributed by atoms with Crippen molar-refractivity contribution in [1.29, 1.82) is 0 Å². The second-order valence-corrected chi connectivity index (χ2v) is 8.00. The molecule has 3 rings (SSSR count). The molecular formula is C20H21NO5S2. The summed E-state index contributed by atoms with van der Waals surface area (Å²) in [4.78, 5) is 15.3. The van der Waals surface area contributed by atoms with Crippen molar-refractivity contribution in [3.63, 3.8) is 0 Å². The molecule has 0 aliphatic heterocycles. The Balaban J connectivity index is 1.69. The summed E-state index contributed by atoms with van der Waals surface area (Å²) in [6, 6.07) is 10.8. The van der Waals surface area contributed by atoms with Crippen LogP contribution in [0.15, 0.2) is 41.8 Å². The Hall–Kier alpha value is -2.55. The van der Waals surface area contributed by atoms with Crippen molar-refractivity contribution in [3.8, 4) is 17.2 Å². The van der Waals surface area contributed by atoms with Crippen LogP contribution in [0.2, 0.25) is 0 Å². The molecule has 6 nitrogen and oxygen atoms in total. The minimum Gasteiger partial charge on any atom is -0.493 e. The fraction of sp³-hybridized carbons (Fsp3) is 0.250. The van der Waals surface area contributed by atoms with Gasteiger partial charge in [0.25, 0.3) is 5.91 Å². The molecule has 0 saturated heterocycles. The molecule has 0 fully saturated rings. The smallest absolute Gasteiger partial charge is 0.251 e. The van der Waals surface area contributed by atoms with Crippen LogP contribution in [0.5, 0.6) is 17.2 Å². The number of methoxy groups -OCH3 is 3. The van der Waals surface area contributed by atoms with Crippen LogP contribution in [0.1, 0.15) is 31.1 Å². The molecule has 0 radical (unpaired) electrons. The van der Waals surface area contributed by atoms with Gasteiger partial charge < -0.3 is 24.6 Å². The fourth-order valence-corrected chi connectivity index (χ4v) is 4.46. The third kappa shape index (κ3) is 4.30. The lowest BCUT2D eigenvalue weighted by Crippen LogP contribution is -2.22. The molecule has 0 aliphatic carbocycles. The molecule has 1 amide bonds. The Morgan fingerprint density at radius 1 is 1.07 bits per heavy atom. The fourth-order valence-electron chi connectivity index (χ4n) is 2.71. The first-order valence-corrected chi connectivity index (χ1v) is 10.1. The van der Waals surface area contributed by atoms with E-state index in [2.05, 4.69) is 5.32 Å². The summed E-state index contributed by atoms with van der Waals surface area (Å²) in [6.07, 6.45) is -0.635. The predicted molar refractivity (Wildman–Crippen MR) is 110 cm³/mol. The quantitative estimate of drug-likeness (QED) is 0.580. The normalized spacial score (nSPS) is 11.7. The molecule has 0 bridgehead atoms. The summed E-state index contributed by atoms with van der Waals surface area (Å²) in [5, 5.41) is 15.2. The van der Waals surface area contributed by atoms with Crippen LogP contribution in [0.3, 0.4) is 0 Å². The van der Waals surface area contributed by atoms with E-state index in [-0.39, 0.29) is 5.91 Å². The summed E-state index contributed by atoms with van der Waals surface area (Å²) in [7, 11) is 4.52. The van der Waals surface area contributed by atoms with Gasteiger partial charge in [-0.1, -0.05) is 6.07 Å². The van der Waals surface area contributed by atoms with Crippen molar-refractivity contribution in [2.75, 3.05) is 21.3 Å². The largest absolute Gasteiger partial charge is 0.493 e. The lowest BCUT2D eigenvalue weighted by Gasteiger charge is -2.14. The van der Waals surface area contributed by atoms with Crippen molar-refractivity contribution >= 4 is 28.6 Å². The Morgan fingerprint density at radius 2 is 1.79 bits per heavy atom. The molecule has 3 aromatic rings. The van der Waals surface area contributed by atoms with Gasteiger partial charge in [0.2, 0.25) is 5.75 Å². The number of benzene rings is 1. The zero-order valence-corrected chi connectivity index (χ0v) is 17.4. The average Bonchev–Trinajstić information content (AvgIpc) is 3.42. The van der Waals surface area contributed by atoms with Crippen LogP contribution in [0, 0.1) is 0 Å². The minimum absolute atomic E-state index is 0.256. The van der Waals surface area contributed by atoms with E-state index in [1.54, 1.807) is 12.1 Å². The molecule has 148 valence electrons. The number of ether oxygens (including phenoxy) is 3. The van der Waals surface area contributed by atoms with Gasteiger partial charge in [-0.15, -0.1) is 22.7 Å². The zero-order valence-electron chi connectivity index (χ0n) is 15.7. The first-order chi connectivity index (χ1) is 13.6. The molecule has 1 atom stereocenters. The van der Waals surface area contributed by atoms with E-state index in [9.17, 15) is 9.90 Å². The van der Waals surface area contributed by atoms with Crippen molar-refractivity contribution in [2.45, 2.75) is 12.6 Å². The monoisotopic (exact) mass is 419 g/mol. The van der Waals surface area contributed by atoms with E-state index in [0.717, 1.165) is 14.6 Å². The van der Waals surface area contributed by atoms with Crippen LogP contribution in [0.4, 0.5) is 0 Å². The number of aliphatic hydroxyl groups excluding tert-OH is 1. The molecular weight excluding hydrogens is 398 g/mol. The van der Waals surface area contributed by atoms with Crippen LogP contribution >= 0.6 is 22.7 Å². The molecule has 2 heterocycles. The first-order valence-electron chi connectivity index (χ1n) is 8.45. The number of aliphatic hydroxyl groups is 1. The van der Waals surface area contributed by atoms with Crippen LogP contribution in [-0.4, -0.2) is 32.3 Å². The lowest BCUT2D eigenvalue weighted by molar-refractivity contribution is 0.0950. The first kappa shape index (κ1) is 20.2. The van der Waals surface area contributed by atoms with E-state index >= 15 is 0 Å². The summed E-state index contributed by atoms with van der Waals surface area (Å²) in [6.45, 7) is 0.358. The maximum atomic E-state index is 12.6. The number of carbonyl (C=O) groups excluding carboxylic acids is 1. The van der Waals surface area contributed by atoms with E-state index < -0.39 is 6.10 Å². The van der Waals surface area contributed by atoms with Gasteiger partial charge in [0.05, 0.1) is 27.9 Å². The Kier molecular flexibility index (Phi) is 6.56. The van der Waals surface area contributed by atoms with Crippen molar-refractivity contribution in [2.24, 2.45) is 0 Å². The highest BCUT2D eigenvalue weighted by atomic mass is 32.1. The van der Waals surface area contributed by atoms with Crippen LogP contribution in [0.25, 0.3) is 0 Å². The molecule has 28 heavy (non-hydrogen) atoms. The maximum Gasteiger partial charge on any atom is 0.251 e. The SMILES string of the molecule is COc1cc(C(=O)NCc2ccc(C(O)c3cccs3)s2)cc(OC)c1OC. The molecule has 0 aliphatic rings. The van der Waals surface area contributed by atoms with Crippen LogP contribution < -0.4 is 19.5 Å². The van der Waals surface area contributed by atoms with Gasteiger partial charge in [-0.05, 0) is 35.7 Å². The molecule has 0 saturated carbocycles. The summed E-state index contributed by atoms with van der Waals surface area (Å²) < 4.78 is 15.9. The van der Waals surface area contributed by atoms with Crippen molar-refractivity contribution in [1.82, 2.24) is 5.32 Å². The van der Waals surface area contributed by atoms with Gasteiger partial charge in [0.1, 0.15) is 6.10 Å². The lowest BCUT2D eigenvalue weighted by atomic mass is 10.1. The predicted octanol–water partition coefficient (Wildman–Crippen LogP) is 3.85. The number of nitrogens with one attached hydrogen (secondary N) is 1. The third-order valence-electron chi connectivity index (χ3n) is 4.11. The molecule has 1 unspecified atom stereocenters. The standard InChI is InChI=1S/C20H21NO5S2/c1-24-14-9-12(10-15(25-2)19(14)26-3)20(23)21-11-13-6-7-17(28-13)18(22)16-5-4-8-27-16/h4-10,18,22H,11H2,1-3H3,(H,21,23). The second kappa shape index (κ2) is 9.09. The van der Waals surface area contributed by atoms with Gasteiger partial charge in [-0.25, -0.2) is 0 Å². The third-order valence-corrected chi connectivity index (χ3v) is 6.18. The Bertz CT molecular complexity index is 911. The number of rotatable bonds is 8. The topological polar surface area (TPSA) is 77.0 Å². The van der Waals surface area contributed by atoms with Crippen LogP contribution in [-0.2, 0) is 6.54 Å². The molecule has 2 N–H and O–H groups in total. The maximum absolute atomic E-state index is 12.6. The summed E-state index contributed by atoms with van der Waals surface area (Å²) in [5.41, 5.74) is 0.407. The number of hydrogen-bond acceptors (Lipinski definition) is 7. The van der Waals surface area contributed by atoms with Gasteiger partial charge in [0, 0.05) is 20.2 Å². The average molecular weight is 420 g/mol. The highest BCUT2D eigenvalue weighted by Crippen LogP contribution is 2.38. The number of hydrogen-bond donors (Lipinski definition) is 2. The minimum atomic E-state index is -0.635. The zero-order chi connectivity index (χ0) is 20.1. The molecule has 8 heteroatoms. The van der Waals surface area contributed by atoms with E-state index in [1.165, 1.54) is 44.0 Å². The van der Waals surface area contributed by atoms with E-state index in [4.69, 9.17) is 14.2 Å². The van der Waals surface area contributed by atoms with Crippen molar-refractivity contribution < 1.29 is 24.1 Å². The summed E-state index contributed by atoms with van der Waals surface area (Å²) >= 11 is 2.98. The highest BCUT2D eigenvalue weighted by Gasteiger charge is 2.18. The van der Waals surface area contributed by atoms with Gasteiger partial charge in [0.15, 0.2) is 11.5 Å². The Labute approximate surface area is 171 Å². The Morgan fingerprint density at radius 3 is 2.36 bits per heavy atom. The highest BCUT2D eigenvalue weighted by molar-refractivity contribution is 7.12. The summed E-state index contributed by atoms with van der Waals surface area (Å²) in [5.74, 6) is 1.02. The molecule has 0 spiro atoms. The van der Waals surface area contributed by atoms with Gasteiger partial charge >= 0.3 is 0 Å². The van der Waals surface area contributed by atoms with E-state index in [1.807, 2.05) is 29.6 Å². The van der Waals surface area contributed by atoms with Crippen molar-refractivity contribution in [3.05, 3.63) is 62.0 Å². The van der Waals surface area contributed by atoms with E-state index in [0.29, 0.717) is 29.4 Å². The molecule has 1 aromatic carbocycles. The number of thiophene rings is 2. The number of amides is 1. The number of carbonyl (C=O) groups is 1. The van der Waals surface area contributed by atoms with Gasteiger partial charge in [-0.3, -0.25) is 4.79 Å². The second-order valence-electron chi connectivity index (χ2n) is 5.82. The van der Waals surface area contributed by atoms with Gasteiger partial charge in [-0.2, -0.15) is 0 Å². The molecule has 2 aromatic heterocycles.